The van der Waals surface area contributed by atoms with Crippen molar-refractivity contribution >= 4 is 30.8 Å². The van der Waals surface area contributed by atoms with Crippen LogP contribution in [0.1, 0.15) is 65.5 Å². The molecule has 3 aromatic rings. The molecule has 1 aliphatic heterocycles. The smallest absolute Gasteiger partial charge is 0.459 e. The van der Waals surface area contributed by atoms with Crippen LogP contribution in [0.4, 0.5) is 5.95 Å². The second-order valence-corrected chi connectivity index (χ2v) is 12.4. The molecule has 3 N–H and O–H groups in total. The van der Waals surface area contributed by atoms with Gasteiger partial charge >= 0.3 is 13.7 Å². The van der Waals surface area contributed by atoms with Gasteiger partial charge in [-0.25, -0.2) is 9.55 Å². The van der Waals surface area contributed by atoms with Crippen molar-refractivity contribution in [3.8, 4) is 11.6 Å². The molecule has 3 heterocycles. The number of fused-ring (bicyclic) bond motifs is 1. The van der Waals surface area contributed by atoms with Gasteiger partial charge in [0.15, 0.2) is 11.2 Å². The topological polar surface area (TPSA) is 162 Å². The second-order valence-electron chi connectivity index (χ2n) is 10.8. The van der Waals surface area contributed by atoms with Crippen molar-refractivity contribution in [2.24, 2.45) is 5.92 Å². The zero-order valence-electron chi connectivity index (χ0n) is 24.2. The van der Waals surface area contributed by atoms with Crippen LogP contribution in [-0.4, -0.2) is 57.0 Å². The SMILES string of the molecule is CCOc1nc(N)nc2c1ncn2[C@@H]1O[C@H](COP(=O)(N[C@@H](C)C(=O)OC2CCCCC2)Oc2ccccc2)C[C@@H]1C. The lowest BCUT2D eigenvalue weighted by Gasteiger charge is -2.26. The Bertz CT molecular complexity index is 1400. The summed E-state index contributed by atoms with van der Waals surface area (Å²) in [5.41, 5.74) is 6.91. The van der Waals surface area contributed by atoms with Gasteiger partial charge in [0.1, 0.15) is 24.1 Å². The summed E-state index contributed by atoms with van der Waals surface area (Å²) in [4.78, 5) is 25.8. The van der Waals surface area contributed by atoms with Crippen LogP contribution in [0.2, 0.25) is 0 Å². The maximum Gasteiger partial charge on any atom is 0.459 e. The summed E-state index contributed by atoms with van der Waals surface area (Å²) in [5.74, 6) is 0.263. The molecule has 0 spiro atoms. The maximum absolute atomic E-state index is 14.0. The molecule has 42 heavy (non-hydrogen) atoms. The summed E-state index contributed by atoms with van der Waals surface area (Å²) in [5, 5.41) is 2.77. The van der Waals surface area contributed by atoms with E-state index < -0.39 is 32.1 Å². The normalized spacial score (nSPS) is 23.4. The Hall–Kier alpha value is -3.25. The molecule has 13 nitrogen and oxygen atoms in total. The molecule has 0 radical (unpaired) electrons. The first-order chi connectivity index (χ1) is 20.2. The van der Waals surface area contributed by atoms with Crippen LogP contribution in [-0.2, 0) is 23.4 Å². The average molecular weight is 603 g/mol. The lowest BCUT2D eigenvalue weighted by molar-refractivity contribution is -0.152. The van der Waals surface area contributed by atoms with E-state index >= 15 is 0 Å². The number of carbonyl (C=O) groups is 1. The Morgan fingerprint density at radius 1 is 1.21 bits per heavy atom. The third-order valence-electron chi connectivity index (χ3n) is 7.35. The zero-order valence-corrected chi connectivity index (χ0v) is 25.1. The minimum atomic E-state index is -4.02. The van der Waals surface area contributed by atoms with Crippen LogP contribution >= 0.6 is 7.75 Å². The highest BCUT2D eigenvalue weighted by atomic mass is 31.2. The number of esters is 1. The fourth-order valence-electron chi connectivity index (χ4n) is 5.33. The van der Waals surface area contributed by atoms with Gasteiger partial charge in [0.2, 0.25) is 11.8 Å². The number of anilines is 1. The van der Waals surface area contributed by atoms with E-state index in [2.05, 4.69) is 20.0 Å². The van der Waals surface area contributed by atoms with Gasteiger partial charge in [-0.15, -0.1) is 0 Å². The van der Waals surface area contributed by atoms with Crippen LogP contribution in [0.5, 0.6) is 11.6 Å². The fraction of sp³-hybridized carbons (Fsp3) is 0.571. The van der Waals surface area contributed by atoms with E-state index in [0.29, 0.717) is 35.8 Å². The lowest BCUT2D eigenvalue weighted by atomic mass is 9.98. The van der Waals surface area contributed by atoms with Crippen molar-refractivity contribution in [3.05, 3.63) is 36.7 Å². The number of benzene rings is 1. The van der Waals surface area contributed by atoms with Gasteiger partial charge in [0.25, 0.3) is 0 Å². The fourth-order valence-corrected chi connectivity index (χ4v) is 6.85. The van der Waals surface area contributed by atoms with Crippen LogP contribution in [0.15, 0.2) is 36.7 Å². The number of ether oxygens (including phenoxy) is 3. The predicted molar refractivity (Wildman–Crippen MR) is 155 cm³/mol. The summed E-state index contributed by atoms with van der Waals surface area (Å²) < 4.78 is 45.0. The molecule has 1 saturated heterocycles. The number of rotatable bonds is 12. The highest BCUT2D eigenvalue weighted by Gasteiger charge is 2.39. The number of nitrogens with one attached hydrogen (secondary N) is 1. The van der Waals surface area contributed by atoms with E-state index in [1.165, 1.54) is 0 Å². The molecule has 1 saturated carbocycles. The molecule has 1 unspecified atom stereocenters. The van der Waals surface area contributed by atoms with E-state index in [1.807, 2.05) is 19.9 Å². The number of hydrogen-bond donors (Lipinski definition) is 2. The summed E-state index contributed by atoms with van der Waals surface area (Å²) in [6.45, 7) is 5.84. The molecule has 5 rings (SSSR count). The number of carbonyl (C=O) groups excluding carboxylic acids is 1. The van der Waals surface area contributed by atoms with E-state index in [1.54, 1.807) is 42.1 Å². The summed E-state index contributed by atoms with van der Waals surface area (Å²) in [6.07, 6.45) is 6.12. The Labute approximate surface area is 245 Å². The van der Waals surface area contributed by atoms with Crippen LogP contribution < -0.4 is 20.1 Å². The molecule has 2 fully saturated rings. The maximum atomic E-state index is 14.0. The number of aromatic nitrogens is 4. The molecular weight excluding hydrogens is 563 g/mol. The number of imidazole rings is 1. The Kier molecular flexibility index (Phi) is 9.62. The molecule has 0 amide bonds. The number of nitrogens with two attached hydrogens (primary N) is 1. The lowest BCUT2D eigenvalue weighted by Crippen LogP contribution is -2.37. The van der Waals surface area contributed by atoms with E-state index in [9.17, 15) is 9.36 Å². The third-order valence-corrected chi connectivity index (χ3v) is 9.00. The van der Waals surface area contributed by atoms with Gasteiger partial charge in [0, 0.05) is 5.92 Å². The van der Waals surface area contributed by atoms with Gasteiger partial charge in [-0.1, -0.05) is 31.5 Å². The number of nitrogens with zero attached hydrogens (tertiary/aromatic N) is 4. The van der Waals surface area contributed by atoms with Crippen LogP contribution in [0, 0.1) is 5.92 Å². The first kappa shape index (κ1) is 30.2. The monoisotopic (exact) mass is 602 g/mol. The van der Waals surface area contributed by atoms with Crippen molar-refractivity contribution in [1.82, 2.24) is 24.6 Å². The third kappa shape index (κ3) is 7.20. The van der Waals surface area contributed by atoms with Crippen LogP contribution in [0.25, 0.3) is 11.2 Å². The van der Waals surface area contributed by atoms with Crippen molar-refractivity contribution < 1.29 is 32.6 Å². The van der Waals surface area contributed by atoms with Gasteiger partial charge in [-0.05, 0) is 58.1 Å². The number of nitrogen functional groups attached to an aromatic ring is 1. The van der Waals surface area contributed by atoms with E-state index in [-0.39, 0.29) is 24.6 Å². The summed E-state index contributed by atoms with van der Waals surface area (Å²) in [6, 6.07) is 7.76. The highest BCUT2D eigenvalue weighted by molar-refractivity contribution is 7.52. The standard InChI is InChI=1S/C28H39N6O7P/c1-4-37-25-23-24(31-28(29)32-25)34(17-30-23)26-18(2)15-22(39-26)16-38-42(36,41-21-13-9-6-10-14-21)33-19(3)27(35)40-20-11-7-5-8-12-20/h6,9-10,13-14,17-20,22,26H,4-5,7-8,11-12,15-16H2,1-3H3,(H,33,36)(H2,29,31,32)/t18-,19-,22-,26+,42?/m0/s1. The van der Waals surface area contributed by atoms with Crippen molar-refractivity contribution in [1.29, 1.82) is 0 Å². The minimum Gasteiger partial charge on any atom is -0.476 e. The average Bonchev–Trinajstić information content (AvgIpc) is 3.56. The molecular formula is C28H39N6O7P. The van der Waals surface area contributed by atoms with Crippen molar-refractivity contribution in [2.75, 3.05) is 18.9 Å². The van der Waals surface area contributed by atoms with E-state index in [0.717, 1.165) is 32.1 Å². The van der Waals surface area contributed by atoms with E-state index in [4.69, 9.17) is 29.0 Å². The Morgan fingerprint density at radius 3 is 2.71 bits per heavy atom. The van der Waals surface area contributed by atoms with Gasteiger partial charge in [-0.2, -0.15) is 15.1 Å². The molecule has 1 aromatic carbocycles. The first-order valence-electron chi connectivity index (χ1n) is 14.5. The molecule has 228 valence electrons. The van der Waals surface area contributed by atoms with Gasteiger partial charge in [-0.3, -0.25) is 13.9 Å². The quantitative estimate of drug-likeness (QED) is 0.216. The Morgan fingerprint density at radius 2 is 1.98 bits per heavy atom. The highest BCUT2D eigenvalue weighted by Crippen LogP contribution is 2.46. The molecule has 5 atom stereocenters. The molecule has 2 aliphatic rings. The summed E-state index contributed by atoms with van der Waals surface area (Å²) >= 11 is 0. The molecule has 14 heteroatoms. The summed E-state index contributed by atoms with van der Waals surface area (Å²) in [7, 11) is -4.02. The van der Waals surface area contributed by atoms with Crippen molar-refractivity contribution in [3.63, 3.8) is 0 Å². The van der Waals surface area contributed by atoms with Crippen molar-refractivity contribution in [2.45, 2.75) is 83.8 Å². The first-order valence-corrected chi connectivity index (χ1v) is 16.0. The predicted octanol–water partition coefficient (Wildman–Crippen LogP) is 4.79. The Balaban J connectivity index is 1.27. The van der Waals surface area contributed by atoms with Gasteiger partial charge in [0.05, 0.1) is 25.6 Å². The second kappa shape index (κ2) is 13.4. The van der Waals surface area contributed by atoms with Gasteiger partial charge < -0.3 is 24.5 Å². The largest absolute Gasteiger partial charge is 0.476 e. The minimum absolute atomic E-state index is 0.0366. The molecule has 2 aromatic heterocycles. The number of hydrogen-bond acceptors (Lipinski definition) is 11. The molecule has 1 aliphatic carbocycles. The molecule has 0 bridgehead atoms. The number of para-hydroxylation sites is 1. The van der Waals surface area contributed by atoms with Crippen LogP contribution in [0.3, 0.4) is 0 Å². The zero-order chi connectivity index (χ0) is 29.7.